The fourth-order valence-electron chi connectivity index (χ4n) is 8.92. The molecule has 1 amide bonds. The van der Waals surface area contributed by atoms with Crippen LogP contribution in [0.5, 0.6) is 17.2 Å². The highest BCUT2D eigenvalue weighted by Crippen LogP contribution is 2.62. The van der Waals surface area contributed by atoms with Crippen molar-refractivity contribution in [2.24, 2.45) is 28.8 Å². The molecule has 12 heteroatoms. The summed E-state index contributed by atoms with van der Waals surface area (Å²) >= 11 is 1.68. The highest BCUT2D eigenvalue weighted by Gasteiger charge is 2.65. The number of carbonyl (C=O) groups is 1. The number of amides is 1. The number of carbonyl (C=O) groups excluding carboxylic acids is 1. The minimum absolute atomic E-state index is 0.0303. The Labute approximate surface area is 329 Å². The SMILES string of the molecule is C=CCO[C@@]12Oc3ccc(Oc4ccc(SC)cc4)cc3[C@H]3[C@H](CCCCO)[C@@H](CCCCO)C=C(C(=NOC)C[C@@H]1N(CCOCCO)C(=O)C1CC1)[C@H]32. The number of allylic oxidation sites excluding steroid dienone is 1. The van der Waals surface area contributed by atoms with Crippen molar-refractivity contribution in [1.29, 1.82) is 0 Å². The molecule has 55 heavy (non-hydrogen) atoms. The van der Waals surface area contributed by atoms with Gasteiger partial charge < -0.3 is 44.0 Å². The van der Waals surface area contributed by atoms with Gasteiger partial charge in [-0.25, -0.2) is 0 Å². The third kappa shape index (κ3) is 9.27. The topological polar surface area (TPSA) is 140 Å². The lowest BCUT2D eigenvalue weighted by Gasteiger charge is -2.60. The minimum atomic E-state index is -1.33. The van der Waals surface area contributed by atoms with E-state index in [-0.39, 0.29) is 75.8 Å². The van der Waals surface area contributed by atoms with Crippen LogP contribution in [0.2, 0.25) is 0 Å². The van der Waals surface area contributed by atoms with E-state index in [4.69, 9.17) is 23.8 Å². The van der Waals surface area contributed by atoms with Gasteiger partial charge in [-0.15, -0.1) is 18.3 Å². The first-order valence-corrected chi connectivity index (χ1v) is 21.1. The molecular formula is C43H58N2O9S. The Balaban J connectivity index is 1.54. The van der Waals surface area contributed by atoms with Crippen LogP contribution in [-0.2, 0) is 19.1 Å². The predicted molar refractivity (Wildman–Crippen MR) is 213 cm³/mol. The molecule has 2 fully saturated rings. The van der Waals surface area contributed by atoms with E-state index in [1.165, 1.54) is 0 Å². The number of thioether (sulfide) groups is 1. The van der Waals surface area contributed by atoms with Gasteiger partial charge >= 0.3 is 0 Å². The molecule has 1 heterocycles. The van der Waals surface area contributed by atoms with Gasteiger partial charge in [-0.1, -0.05) is 30.1 Å². The highest BCUT2D eigenvalue weighted by atomic mass is 32.2. The van der Waals surface area contributed by atoms with Crippen molar-refractivity contribution in [2.45, 2.75) is 80.4 Å². The Kier molecular flexibility index (Phi) is 14.7. The lowest BCUT2D eigenvalue weighted by Crippen LogP contribution is -2.70. The normalized spacial score (nSPS) is 26.0. The van der Waals surface area contributed by atoms with Crippen LogP contribution in [0.1, 0.15) is 69.3 Å². The number of benzene rings is 2. The molecule has 2 aromatic rings. The molecule has 3 aliphatic carbocycles. The summed E-state index contributed by atoms with van der Waals surface area (Å²) in [5, 5.41) is 33.8. The summed E-state index contributed by atoms with van der Waals surface area (Å²) in [6.07, 6.45) is 12.9. The lowest BCUT2D eigenvalue weighted by atomic mass is 9.55. The first-order valence-electron chi connectivity index (χ1n) is 19.9. The Morgan fingerprint density at radius 3 is 2.44 bits per heavy atom. The summed E-state index contributed by atoms with van der Waals surface area (Å²) in [5.74, 6) is 0.390. The van der Waals surface area contributed by atoms with Crippen molar-refractivity contribution < 1.29 is 43.9 Å². The number of fused-ring (bicyclic) bond motifs is 2. The Morgan fingerprint density at radius 1 is 1.02 bits per heavy atom. The van der Waals surface area contributed by atoms with Crippen LogP contribution < -0.4 is 9.47 Å². The van der Waals surface area contributed by atoms with Gasteiger partial charge in [0.05, 0.1) is 38.1 Å². The van der Waals surface area contributed by atoms with Crippen LogP contribution >= 0.6 is 11.8 Å². The summed E-state index contributed by atoms with van der Waals surface area (Å²) in [6.45, 7) is 5.03. The largest absolute Gasteiger partial charge is 0.459 e. The Hall–Kier alpha value is -3.39. The molecule has 0 aromatic heterocycles. The third-order valence-corrected chi connectivity index (χ3v) is 12.2. The number of ether oxygens (including phenoxy) is 4. The molecule has 2 saturated carbocycles. The molecule has 0 unspecified atom stereocenters. The maximum absolute atomic E-state index is 14.4. The van der Waals surface area contributed by atoms with Crippen LogP contribution in [0.3, 0.4) is 0 Å². The number of aliphatic hydroxyl groups is 3. The second kappa shape index (κ2) is 19.7. The first kappa shape index (κ1) is 41.2. The lowest BCUT2D eigenvalue weighted by molar-refractivity contribution is -0.258. The Bertz CT molecular complexity index is 1650. The number of nitrogens with zero attached hydrogens (tertiary/aromatic N) is 2. The molecule has 300 valence electrons. The molecular weight excluding hydrogens is 721 g/mol. The second-order valence-electron chi connectivity index (χ2n) is 14.9. The predicted octanol–water partition coefficient (Wildman–Crippen LogP) is 6.71. The molecule has 4 aliphatic rings. The molecule has 6 rings (SSSR count). The summed E-state index contributed by atoms with van der Waals surface area (Å²) in [6, 6.07) is 13.4. The summed E-state index contributed by atoms with van der Waals surface area (Å²) in [7, 11) is 1.55. The van der Waals surface area contributed by atoms with Crippen LogP contribution in [0, 0.1) is 23.7 Å². The van der Waals surface area contributed by atoms with Crippen molar-refractivity contribution in [3.8, 4) is 17.2 Å². The van der Waals surface area contributed by atoms with Crippen molar-refractivity contribution in [3.63, 3.8) is 0 Å². The number of hydrogen-bond donors (Lipinski definition) is 3. The summed E-state index contributed by atoms with van der Waals surface area (Å²) < 4.78 is 26.5. The van der Waals surface area contributed by atoms with E-state index >= 15 is 0 Å². The summed E-state index contributed by atoms with van der Waals surface area (Å²) in [5.41, 5.74) is 2.73. The average molecular weight is 779 g/mol. The van der Waals surface area contributed by atoms with E-state index in [1.54, 1.807) is 24.9 Å². The number of aliphatic hydroxyl groups excluding tert-OH is 3. The van der Waals surface area contributed by atoms with Gasteiger partial charge in [0.2, 0.25) is 11.7 Å². The van der Waals surface area contributed by atoms with Crippen molar-refractivity contribution in [1.82, 2.24) is 4.90 Å². The van der Waals surface area contributed by atoms with E-state index in [0.717, 1.165) is 66.0 Å². The smallest absolute Gasteiger partial charge is 0.239 e. The van der Waals surface area contributed by atoms with Gasteiger partial charge in [0.1, 0.15) is 30.4 Å². The molecule has 11 nitrogen and oxygen atoms in total. The van der Waals surface area contributed by atoms with Gasteiger partial charge in [-0.2, -0.15) is 0 Å². The quantitative estimate of drug-likeness (QED) is 0.0512. The second-order valence-corrected chi connectivity index (χ2v) is 15.8. The first-order chi connectivity index (χ1) is 26.9. The van der Waals surface area contributed by atoms with E-state index < -0.39 is 17.7 Å². The fourth-order valence-corrected chi connectivity index (χ4v) is 9.32. The maximum Gasteiger partial charge on any atom is 0.239 e. The van der Waals surface area contributed by atoms with Gasteiger partial charge in [0.25, 0.3) is 0 Å². The van der Waals surface area contributed by atoms with Crippen molar-refractivity contribution >= 4 is 23.4 Å². The van der Waals surface area contributed by atoms with Crippen molar-refractivity contribution in [3.05, 3.63) is 72.3 Å². The van der Waals surface area contributed by atoms with Gasteiger partial charge in [-0.3, -0.25) is 4.79 Å². The molecule has 0 spiro atoms. The third-order valence-electron chi connectivity index (χ3n) is 11.4. The monoisotopic (exact) mass is 778 g/mol. The minimum Gasteiger partial charge on any atom is -0.459 e. The molecule has 0 saturated heterocycles. The van der Waals surface area contributed by atoms with E-state index in [9.17, 15) is 20.1 Å². The molecule has 0 bridgehead atoms. The zero-order valence-electron chi connectivity index (χ0n) is 32.3. The molecule has 0 radical (unpaired) electrons. The molecule has 3 N–H and O–H groups in total. The number of oxime groups is 1. The summed E-state index contributed by atoms with van der Waals surface area (Å²) in [4.78, 5) is 22.9. The van der Waals surface area contributed by atoms with E-state index in [1.807, 2.05) is 47.6 Å². The molecule has 6 atom stereocenters. The van der Waals surface area contributed by atoms with Crippen molar-refractivity contribution in [2.75, 3.05) is 59.6 Å². The maximum atomic E-state index is 14.4. The standard InChI is InChI=1S/C43H58N2O9S/c1-4-23-52-43-39(45(19-24-51-25-22-48)42(49)29-11-12-29)28-37(44-50-2)35-26-30(9-5-7-20-46)34(10-6-8-21-47)40(41(35)43)36-27-32(15-18-38(36)54-43)53-31-13-16-33(55-3)17-14-31/h4,13-18,26-27,29-30,34,39-41,46-48H,1,5-12,19-25,28H2,2-3H3/t30-,34+,39-,40+,41+,43+/m0/s1. The number of unbranched alkanes of at least 4 members (excludes halogenated alkanes) is 2. The molecule has 1 aliphatic heterocycles. The number of hydrogen-bond acceptors (Lipinski definition) is 11. The fraction of sp³-hybridized carbons (Fsp3) is 0.581. The molecule has 2 aromatic carbocycles. The van der Waals surface area contributed by atoms with Crippen LogP contribution in [0.25, 0.3) is 0 Å². The van der Waals surface area contributed by atoms with E-state index in [2.05, 4.69) is 23.9 Å². The zero-order chi connectivity index (χ0) is 38.8. The Morgan fingerprint density at radius 2 is 1.76 bits per heavy atom. The average Bonchev–Trinajstić information content (AvgIpc) is 4.05. The van der Waals surface area contributed by atoms with Gasteiger partial charge in [0, 0.05) is 48.5 Å². The van der Waals surface area contributed by atoms with Crippen LogP contribution in [-0.4, -0.2) is 103 Å². The van der Waals surface area contributed by atoms with Gasteiger partial charge in [0.15, 0.2) is 0 Å². The zero-order valence-corrected chi connectivity index (χ0v) is 33.1. The highest BCUT2D eigenvalue weighted by molar-refractivity contribution is 7.98. The van der Waals surface area contributed by atoms with Crippen LogP contribution in [0.15, 0.2) is 76.8 Å². The van der Waals surface area contributed by atoms with Crippen LogP contribution in [0.4, 0.5) is 0 Å². The van der Waals surface area contributed by atoms with E-state index in [0.29, 0.717) is 30.8 Å². The number of rotatable bonds is 22. The van der Waals surface area contributed by atoms with Gasteiger partial charge in [-0.05, 0) is 105 Å².